The first kappa shape index (κ1) is 15.9. The van der Waals surface area contributed by atoms with Crippen LogP contribution in [-0.2, 0) is 16.6 Å². The predicted octanol–water partition coefficient (Wildman–Crippen LogP) is 2.73. The quantitative estimate of drug-likeness (QED) is 0.848. The van der Waals surface area contributed by atoms with Gasteiger partial charge in [0.2, 0.25) is 10.0 Å². The van der Waals surface area contributed by atoms with Crippen LogP contribution in [0.2, 0.25) is 0 Å². The van der Waals surface area contributed by atoms with Gasteiger partial charge in [-0.15, -0.1) is 0 Å². The molecule has 0 aromatic heterocycles. The SMILES string of the molecule is CCNCc1ccc(S(=O)(=O)N(C)C2CCC2)c(Br)c1. The molecule has 0 radical (unpaired) electrons. The predicted molar refractivity (Wildman–Crippen MR) is 84.1 cm³/mol. The van der Waals surface area contributed by atoms with Crippen molar-refractivity contribution >= 4 is 26.0 Å². The third-order valence-electron chi connectivity index (χ3n) is 3.82. The standard InChI is InChI=1S/C14H21BrN2O2S/c1-3-16-10-11-7-8-14(13(15)9-11)20(18,19)17(2)12-5-4-6-12/h7-9,12,16H,3-6,10H2,1-2H3. The summed E-state index contributed by atoms with van der Waals surface area (Å²) in [4.78, 5) is 0.354. The van der Waals surface area contributed by atoms with Crippen LogP contribution < -0.4 is 5.32 Å². The Balaban J connectivity index is 2.23. The maximum atomic E-state index is 12.6. The first-order chi connectivity index (χ1) is 9.46. The first-order valence-electron chi connectivity index (χ1n) is 6.94. The molecular weight excluding hydrogens is 340 g/mol. The molecule has 6 heteroatoms. The molecule has 1 aliphatic carbocycles. The van der Waals surface area contributed by atoms with Crippen molar-refractivity contribution in [3.63, 3.8) is 0 Å². The molecule has 0 amide bonds. The van der Waals surface area contributed by atoms with E-state index in [1.807, 2.05) is 19.1 Å². The average molecular weight is 361 g/mol. The monoisotopic (exact) mass is 360 g/mol. The summed E-state index contributed by atoms with van der Waals surface area (Å²) in [6.45, 7) is 3.68. The Morgan fingerprint density at radius 2 is 2.10 bits per heavy atom. The number of nitrogens with one attached hydrogen (secondary N) is 1. The fraction of sp³-hybridized carbons (Fsp3) is 0.571. The van der Waals surface area contributed by atoms with E-state index in [9.17, 15) is 8.42 Å². The molecule has 1 saturated carbocycles. The topological polar surface area (TPSA) is 49.4 Å². The van der Waals surface area contributed by atoms with Gasteiger partial charge in [0.15, 0.2) is 0 Å². The zero-order valence-electron chi connectivity index (χ0n) is 11.9. The fourth-order valence-electron chi connectivity index (χ4n) is 2.23. The zero-order chi connectivity index (χ0) is 14.8. The van der Waals surface area contributed by atoms with Gasteiger partial charge in [-0.3, -0.25) is 0 Å². The van der Waals surface area contributed by atoms with Crippen LogP contribution in [0.25, 0.3) is 0 Å². The summed E-state index contributed by atoms with van der Waals surface area (Å²) in [6.07, 6.45) is 3.05. The zero-order valence-corrected chi connectivity index (χ0v) is 14.3. The molecule has 0 bridgehead atoms. The Morgan fingerprint density at radius 1 is 1.40 bits per heavy atom. The highest BCUT2D eigenvalue weighted by atomic mass is 79.9. The van der Waals surface area contributed by atoms with Gasteiger partial charge in [-0.2, -0.15) is 4.31 Å². The van der Waals surface area contributed by atoms with Crippen LogP contribution in [0.3, 0.4) is 0 Å². The smallest absolute Gasteiger partial charge is 0.244 e. The Hall–Kier alpha value is -0.430. The van der Waals surface area contributed by atoms with E-state index in [4.69, 9.17) is 0 Å². The molecule has 0 unspecified atom stereocenters. The van der Waals surface area contributed by atoms with E-state index >= 15 is 0 Å². The molecule has 20 heavy (non-hydrogen) atoms. The summed E-state index contributed by atoms with van der Waals surface area (Å²) in [5, 5.41) is 3.23. The molecule has 112 valence electrons. The maximum absolute atomic E-state index is 12.6. The Labute approximate surface area is 129 Å². The van der Waals surface area contributed by atoms with E-state index < -0.39 is 10.0 Å². The van der Waals surface area contributed by atoms with Crippen molar-refractivity contribution in [2.75, 3.05) is 13.6 Å². The summed E-state index contributed by atoms with van der Waals surface area (Å²) in [5.41, 5.74) is 1.07. The van der Waals surface area contributed by atoms with E-state index in [-0.39, 0.29) is 6.04 Å². The van der Waals surface area contributed by atoms with Gasteiger partial charge >= 0.3 is 0 Å². The number of benzene rings is 1. The molecule has 1 aromatic carbocycles. The Bertz CT molecular complexity index is 571. The minimum absolute atomic E-state index is 0.160. The summed E-state index contributed by atoms with van der Waals surface area (Å²) < 4.78 is 27.3. The van der Waals surface area contributed by atoms with Crippen LogP contribution >= 0.6 is 15.9 Å². The molecule has 0 atom stereocenters. The van der Waals surface area contributed by atoms with Gasteiger partial charge in [0, 0.05) is 24.1 Å². The maximum Gasteiger partial charge on any atom is 0.244 e. The third-order valence-corrected chi connectivity index (χ3v) is 6.71. The van der Waals surface area contributed by atoms with Crippen molar-refractivity contribution in [1.82, 2.24) is 9.62 Å². The molecule has 1 aliphatic rings. The number of halogens is 1. The molecule has 0 heterocycles. The molecule has 0 saturated heterocycles. The van der Waals surface area contributed by atoms with Crippen LogP contribution in [0.5, 0.6) is 0 Å². The van der Waals surface area contributed by atoms with Gasteiger partial charge in [0.05, 0.1) is 4.90 Å². The second-order valence-electron chi connectivity index (χ2n) is 5.15. The van der Waals surface area contributed by atoms with E-state index in [2.05, 4.69) is 21.2 Å². The van der Waals surface area contributed by atoms with Gasteiger partial charge in [-0.05, 0) is 53.0 Å². The van der Waals surface area contributed by atoms with Crippen molar-refractivity contribution in [3.05, 3.63) is 28.2 Å². The number of hydrogen-bond donors (Lipinski definition) is 1. The lowest BCUT2D eigenvalue weighted by atomic mass is 9.94. The lowest BCUT2D eigenvalue weighted by Gasteiger charge is -2.34. The third kappa shape index (κ3) is 3.24. The second kappa shape index (κ2) is 6.56. The number of nitrogens with zero attached hydrogens (tertiary/aromatic N) is 1. The van der Waals surface area contributed by atoms with Crippen molar-refractivity contribution in [2.45, 2.75) is 43.7 Å². The van der Waals surface area contributed by atoms with Crippen molar-refractivity contribution in [2.24, 2.45) is 0 Å². The summed E-state index contributed by atoms with van der Waals surface area (Å²) in [6, 6.07) is 5.61. The molecule has 1 fully saturated rings. The molecule has 0 spiro atoms. The summed E-state index contributed by atoms with van der Waals surface area (Å²) >= 11 is 3.40. The van der Waals surface area contributed by atoms with Gasteiger partial charge in [0.1, 0.15) is 0 Å². The van der Waals surface area contributed by atoms with E-state index in [0.717, 1.165) is 37.9 Å². The number of hydrogen-bond acceptors (Lipinski definition) is 3. The van der Waals surface area contributed by atoms with E-state index in [1.165, 1.54) is 4.31 Å². The lowest BCUT2D eigenvalue weighted by molar-refractivity contribution is 0.249. The fourth-order valence-corrected chi connectivity index (χ4v) is 4.73. The van der Waals surface area contributed by atoms with Crippen molar-refractivity contribution < 1.29 is 8.42 Å². The first-order valence-corrected chi connectivity index (χ1v) is 9.17. The minimum atomic E-state index is -3.40. The van der Waals surface area contributed by atoms with E-state index in [1.54, 1.807) is 13.1 Å². The highest BCUT2D eigenvalue weighted by Crippen LogP contribution is 2.31. The van der Waals surface area contributed by atoms with Crippen LogP contribution in [-0.4, -0.2) is 32.4 Å². The second-order valence-corrected chi connectivity index (χ2v) is 7.97. The Kier molecular flexibility index (Phi) is 5.23. The van der Waals surface area contributed by atoms with E-state index in [0.29, 0.717) is 9.37 Å². The van der Waals surface area contributed by atoms with Gasteiger partial charge in [-0.25, -0.2) is 8.42 Å². The van der Waals surface area contributed by atoms with Crippen LogP contribution in [0.1, 0.15) is 31.7 Å². The summed E-state index contributed by atoms with van der Waals surface area (Å²) in [7, 11) is -1.72. The lowest BCUT2D eigenvalue weighted by Crippen LogP contribution is -2.41. The molecule has 2 rings (SSSR count). The van der Waals surface area contributed by atoms with Crippen LogP contribution in [0.4, 0.5) is 0 Å². The van der Waals surface area contributed by atoms with Gasteiger partial charge < -0.3 is 5.32 Å². The Morgan fingerprint density at radius 3 is 2.60 bits per heavy atom. The molecular formula is C14H21BrN2O2S. The molecule has 0 aliphatic heterocycles. The largest absolute Gasteiger partial charge is 0.313 e. The van der Waals surface area contributed by atoms with Crippen molar-refractivity contribution in [3.8, 4) is 0 Å². The minimum Gasteiger partial charge on any atom is -0.313 e. The highest BCUT2D eigenvalue weighted by molar-refractivity contribution is 9.10. The van der Waals surface area contributed by atoms with Crippen LogP contribution in [0, 0.1) is 0 Å². The molecule has 1 N–H and O–H groups in total. The van der Waals surface area contributed by atoms with Crippen molar-refractivity contribution in [1.29, 1.82) is 0 Å². The highest BCUT2D eigenvalue weighted by Gasteiger charge is 2.32. The normalized spacial score (nSPS) is 16.4. The average Bonchev–Trinajstić information content (AvgIpc) is 2.34. The van der Waals surface area contributed by atoms with Gasteiger partial charge in [0.25, 0.3) is 0 Å². The van der Waals surface area contributed by atoms with Gasteiger partial charge in [-0.1, -0.05) is 19.4 Å². The number of sulfonamides is 1. The molecule has 1 aromatic rings. The molecule has 4 nitrogen and oxygen atoms in total. The summed E-state index contributed by atoms with van der Waals surface area (Å²) in [5.74, 6) is 0. The number of rotatable bonds is 6. The van der Waals surface area contributed by atoms with Crippen LogP contribution in [0.15, 0.2) is 27.6 Å².